The van der Waals surface area contributed by atoms with Crippen LogP contribution in [0.15, 0.2) is 0 Å². The Kier molecular flexibility index (Phi) is 2.44. The fourth-order valence-electron chi connectivity index (χ4n) is 7.16. The Morgan fingerprint density at radius 3 is 2.43 bits per heavy atom. The Morgan fingerprint density at radius 1 is 1.13 bits per heavy atom. The Balaban J connectivity index is 1.25. The van der Waals surface area contributed by atoms with Gasteiger partial charge in [0.2, 0.25) is 0 Å². The molecule has 0 radical (unpaired) electrons. The molecule has 23 heavy (non-hydrogen) atoms. The van der Waals surface area contributed by atoms with Gasteiger partial charge in [0.1, 0.15) is 0 Å². The molecule has 6 fully saturated rings. The molecule has 5 heteroatoms. The zero-order valence-corrected chi connectivity index (χ0v) is 16.4. The fourth-order valence-corrected chi connectivity index (χ4v) is 12.7. The first kappa shape index (κ1) is 14.3. The SMILES string of the molecule is CC1(OC(=O)C(C)(C)C23NI2N3)CC2CC1C1C3CCC(C3)C21. The van der Waals surface area contributed by atoms with Crippen LogP contribution in [0.1, 0.15) is 52.9 Å². The van der Waals surface area contributed by atoms with E-state index < -0.39 is 25.8 Å². The number of fused-ring (bicyclic) bond motifs is 10. The summed E-state index contributed by atoms with van der Waals surface area (Å²) >= 11 is -1.12. The van der Waals surface area contributed by atoms with Crippen LogP contribution in [0, 0.1) is 40.9 Å². The molecule has 0 spiro atoms. The van der Waals surface area contributed by atoms with Gasteiger partial charge in [-0.3, -0.25) is 0 Å². The van der Waals surface area contributed by atoms with E-state index in [4.69, 9.17) is 4.74 Å². The molecular formula is C18H27IN2O2. The van der Waals surface area contributed by atoms with Crippen molar-refractivity contribution in [2.45, 2.75) is 62.1 Å². The molecule has 0 aromatic carbocycles. The van der Waals surface area contributed by atoms with E-state index >= 15 is 0 Å². The van der Waals surface area contributed by atoms with Crippen molar-refractivity contribution in [2.75, 3.05) is 0 Å². The first-order valence-corrected chi connectivity index (χ1v) is 12.6. The van der Waals surface area contributed by atoms with Crippen molar-refractivity contribution in [3.05, 3.63) is 0 Å². The predicted octanol–water partition coefficient (Wildman–Crippen LogP) is 3.21. The van der Waals surface area contributed by atoms with E-state index in [1.54, 1.807) is 0 Å². The minimum atomic E-state index is -1.12. The van der Waals surface area contributed by atoms with Gasteiger partial charge in [-0.15, -0.1) is 0 Å². The van der Waals surface area contributed by atoms with Crippen LogP contribution in [0.3, 0.4) is 0 Å². The van der Waals surface area contributed by atoms with E-state index in [2.05, 4.69) is 27.8 Å². The number of ether oxygens (including phenoxy) is 1. The normalized spacial score (nSPS) is 54.8. The second-order valence-electron chi connectivity index (χ2n) is 9.75. The van der Waals surface area contributed by atoms with Gasteiger partial charge in [-0.1, -0.05) is 0 Å². The van der Waals surface area contributed by atoms with Gasteiger partial charge < -0.3 is 0 Å². The van der Waals surface area contributed by atoms with Crippen molar-refractivity contribution < 1.29 is 9.53 Å². The van der Waals surface area contributed by atoms with Crippen LogP contribution in [-0.2, 0) is 9.53 Å². The molecule has 0 amide bonds. The number of alkyl halides is 1. The summed E-state index contributed by atoms with van der Waals surface area (Å²) in [6, 6.07) is 0. The van der Waals surface area contributed by atoms with Crippen LogP contribution in [-0.4, -0.2) is 15.2 Å². The van der Waals surface area contributed by atoms with E-state index in [9.17, 15) is 4.79 Å². The Hall–Kier alpha value is 0.120. The molecule has 4 aliphatic carbocycles. The number of hydrogen-bond acceptors (Lipinski definition) is 4. The second kappa shape index (κ2) is 3.93. The summed E-state index contributed by atoms with van der Waals surface area (Å²) in [4.78, 5) is 13.0. The maximum atomic E-state index is 13.0. The summed E-state index contributed by atoms with van der Waals surface area (Å²) in [5.74, 6) is 5.30. The predicted molar refractivity (Wildman–Crippen MR) is 95.3 cm³/mol. The van der Waals surface area contributed by atoms with E-state index in [-0.39, 0.29) is 15.2 Å². The average Bonchev–Trinajstić information content (AvgIpc) is 3.04. The summed E-state index contributed by atoms with van der Waals surface area (Å²) in [6.45, 7) is 6.38. The molecule has 2 aliphatic heterocycles. The first-order valence-electron chi connectivity index (χ1n) is 9.35. The summed E-state index contributed by atoms with van der Waals surface area (Å²) in [6.07, 6.45) is 6.84. The van der Waals surface area contributed by atoms with Gasteiger partial charge in [-0.25, -0.2) is 0 Å². The number of rotatable bonds is 3. The topological polar surface area (TPSA) is 70.2 Å². The van der Waals surface area contributed by atoms with Crippen LogP contribution in [0.25, 0.3) is 0 Å². The molecule has 2 saturated heterocycles. The monoisotopic (exact) mass is 430 g/mol. The third-order valence-electron chi connectivity index (χ3n) is 8.42. The Morgan fingerprint density at radius 2 is 1.78 bits per heavy atom. The van der Waals surface area contributed by atoms with Gasteiger partial charge in [0.25, 0.3) is 0 Å². The third kappa shape index (κ3) is 1.55. The summed E-state index contributed by atoms with van der Waals surface area (Å²) in [7, 11) is 0. The zero-order chi connectivity index (χ0) is 15.8. The standard InChI is InChI=1S/C18H27IN2O2/c1-16(2,18-19(20-18)21-18)15(22)23-17(3)8-11-7-12(17)14-10-5-4-9(6-10)13(11)14/h9-14,20-21H,4-8H2,1-3H3. The van der Waals surface area contributed by atoms with Crippen molar-refractivity contribution in [3.63, 3.8) is 0 Å². The fraction of sp³-hybridized carbons (Fsp3) is 0.944. The number of nitrogens with one attached hydrogen (secondary N) is 2. The number of carbonyl (C=O) groups excluding carboxylic acids is 1. The molecule has 128 valence electrons. The second-order valence-corrected chi connectivity index (χ2v) is 14.1. The summed E-state index contributed by atoms with van der Waals surface area (Å²) in [5, 5.41) is 0. The summed E-state index contributed by atoms with van der Waals surface area (Å²) < 4.78 is 13.3. The molecule has 4 nitrogen and oxygen atoms in total. The molecule has 7 atom stereocenters. The van der Waals surface area contributed by atoms with Crippen LogP contribution in [0.2, 0.25) is 0 Å². The Bertz CT molecular complexity index is 616. The van der Waals surface area contributed by atoms with E-state index in [0.29, 0.717) is 5.92 Å². The van der Waals surface area contributed by atoms with Crippen LogP contribution in [0.4, 0.5) is 0 Å². The average molecular weight is 430 g/mol. The molecule has 0 aromatic rings. The molecule has 6 rings (SSSR count). The van der Waals surface area contributed by atoms with Gasteiger partial charge in [0.05, 0.1) is 0 Å². The van der Waals surface area contributed by atoms with E-state index in [1.165, 1.54) is 25.7 Å². The van der Waals surface area contributed by atoms with Crippen molar-refractivity contribution in [2.24, 2.45) is 40.9 Å². The van der Waals surface area contributed by atoms with Gasteiger partial charge >= 0.3 is 146 Å². The zero-order valence-electron chi connectivity index (χ0n) is 14.2. The van der Waals surface area contributed by atoms with Gasteiger partial charge in [-0.05, 0) is 0 Å². The van der Waals surface area contributed by atoms with Crippen LogP contribution < -0.4 is 7.06 Å². The van der Waals surface area contributed by atoms with Crippen LogP contribution >= 0.6 is 20.4 Å². The number of esters is 1. The number of halogens is 1. The van der Waals surface area contributed by atoms with Gasteiger partial charge in [0, 0.05) is 0 Å². The quantitative estimate of drug-likeness (QED) is 0.137. The Labute approximate surface area is 146 Å². The molecule has 4 bridgehead atoms. The number of hydrogen-bond donors (Lipinski definition) is 2. The molecule has 7 unspecified atom stereocenters. The van der Waals surface area contributed by atoms with Crippen LogP contribution in [0.5, 0.6) is 0 Å². The minimum absolute atomic E-state index is 0.00303. The number of carbonyl (C=O) groups is 1. The third-order valence-corrected chi connectivity index (χ3v) is 13.5. The summed E-state index contributed by atoms with van der Waals surface area (Å²) in [5.41, 5.74) is -0.596. The van der Waals surface area contributed by atoms with Crippen molar-refractivity contribution in [1.82, 2.24) is 7.06 Å². The maximum absolute atomic E-state index is 13.0. The molecule has 6 aliphatic rings. The van der Waals surface area contributed by atoms with Crippen molar-refractivity contribution in [3.8, 4) is 0 Å². The molecule has 4 saturated carbocycles. The van der Waals surface area contributed by atoms with Gasteiger partial charge in [0.15, 0.2) is 0 Å². The van der Waals surface area contributed by atoms with Gasteiger partial charge in [-0.2, -0.15) is 0 Å². The molecular weight excluding hydrogens is 403 g/mol. The van der Waals surface area contributed by atoms with Crippen molar-refractivity contribution >= 4 is 26.3 Å². The van der Waals surface area contributed by atoms with E-state index in [1.807, 2.05) is 0 Å². The first-order chi connectivity index (χ1) is 10.9. The van der Waals surface area contributed by atoms with Crippen molar-refractivity contribution in [1.29, 1.82) is 0 Å². The molecule has 0 aromatic heterocycles. The molecule has 2 N–H and O–H groups in total. The van der Waals surface area contributed by atoms with E-state index in [0.717, 1.165) is 36.0 Å². The molecule has 2 heterocycles.